The number of hydrogen-bond donors (Lipinski definition) is 0. The number of carbonyl (C=O) groups is 1. The minimum absolute atomic E-state index is 0.147. The first-order valence-electron chi connectivity index (χ1n) is 2.47. The van der Waals surface area contributed by atoms with Crippen LogP contribution in [0.3, 0.4) is 0 Å². The van der Waals surface area contributed by atoms with Gasteiger partial charge in [0.1, 0.15) is 11.4 Å². The Morgan fingerprint density at radius 3 is 2.67 bits per heavy atom. The van der Waals surface area contributed by atoms with Gasteiger partial charge in [0, 0.05) is 6.42 Å². The van der Waals surface area contributed by atoms with Gasteiger partial charge >= 0.3 is 5.97 Å². The maximum absolute atomic E-state index is 10.2. The molecule has 0 N–H and O–H groups in total. The van der Waals surface area contributed by atoms with Gasteiger partial charge in [-0.1, -0.05) is 6.92 Å². The molecule has 4 nitrogen and oxygen atoms in total. The van der Waals surface area contributed by atoms with Crippen LogP contribution in [0.15, 0.2) is 0 Å². The van der Waals surface area contributed by atoms with Crippen molar-refractivity contribution >= 4 is 17.3 Å². The van der Waals surface area contributed by atoms with Crippen molar-refractivity contribution in [2.45, 2.75) is 19.8 Å². The fourth-order valence-electron chi connectivity index (χ4n) is 0.322. The molecule has 0 rings (SSSR count). The molecule has 0 radical (unpaired) electrons. The van der Waals surface area contributed by atoms with Crippen LogP contribution in [0.4, 0.5) is 0 Å². The Hall–Kier alpha value is -0.420. The van der Waals surface area contributed by atoms with Crippen LogP contribution in [0.2, 0.25) is 0 Å². The highest BCUT2D eigenvalue weighted by Crippen LogP contribution is 1.91. The van der Waals surface area contributed by atoms with E-state index in [0.717, 1.165) is 0 Å². The molecule has 0 bridgehead atoms. The molecule has 0 aliphatic carbocycles. The van der Waals surface area contributed by atoms with Gasteiger partial charge < -0.3 is 8.74 Å². The summed E-state index contributed by atoms with van der Waals surface area (Å²) in [5.41, 5.74) is 0. The number of rotatable bonds is 3. The maximum atomic E-state index is 10.2. The normalized spacial score (nSPS) is 12.7. The van der Waals surface area contributed by atoms with E-state index in [1.54, 1.807) is 6.92 Å². The van der Waals surface area contributed by atoms with Crippen molar-refractivity contribution in [3.8, 4) is 0 Å². The Morgan fingerprint density at radius 2 is 2.33 bits per heavy atom. The molecule has 0 saturated heterocycles. The van der Waals surface area contributed by atoms with E-state index < -0.39 is 17.3 Å². The fraction of sp³-hybridized carbons (Fsp3) is 0.750. The zero-order valence-corrected chi connectivity index (χ0v) is 5.77. The minimum atomic E-state index is -2.70. The van der Waals surface area contributed by atoms with Gasteiger partial charge in [-0.05, 0) is 6.42 Å². The third-order valence-electron chi connectivity index (χ3n) is 0.615. The molecule has 0 fully saturated rings. The predicted molar refractivity (Wildman–Crippen MR) is 29.9 cm³/mol. The van der Waals surface area contributed by atoms with Crippen molar-refractivity contribution in [1.29, 1.82) is 0 Å². The molecular formula is C4H7O4S-. The van der Waals surface area contributed by atoms with Gasteiger partial charge in [0.05, 0.1) is 0 Å². The Kier molecular flexibility index (Phi) is 4.25. The molecule has 0 spiro atoms. The van der Waals surface area contributed by atoms with E-state index in [4.69, 9.17) is 0 Å². The Labute approximate surface area is 55.7 Å². The van der Waals surface area contributed by atoms with Gasteiger partial charge in [-0.25, -0.2) is 4.21 Å². The summed E-state index contributed by atoms with van der Waals surface area (Å²) < 4.78 is 23.1. The van der Waals surface area contributed by atoms with Crippen LogP contribution in [0, 0.1) is 0 Å². The molecule has 1 unspecified atom stereocenters. The first kappa shape index (κ1) is 8.58. The summed E-state index contributed by atoms with van der Waals surface area (Å²) in [6.07, 6.45) is 0.740. The largest absolute Gasteiger partial charge is 0.740 e. The zero-order chi connectivity index (χ0) is 7.28. The summed E-state index contributed by atoms with van der Waals surface area (Å²) in [5.74, 6) is -0.703. The van der Waals surface area contributed by atoms with Crippen molar-refractivity contribution in [2.75, 3.05) is 0 Å². The standard InChI is InChI=1S/C4H8O4S/c1-2-3-4(5)8-9(6)7/h2-3H2,1H3,(H,6,7)/p-1. The van der Waals surface area contributed by atoms with E-state index in [2.05, 4.69) is 4.18 Å². The smallest absolute Gasteiger partial charge is 0.319 e. The quantitative estimate of drug-likeness (QED) is 0.537. The van der Waals surface area contributed by atoms with E-state index in [9.17, 15) is 13.6 Å². The highest BCUT2D eigenvalue weighted by atomic mass is 32.2. The molecule has 0 aliphatic heterocycles. The molecule has 5 heteroatoms. The van der Waals surface area contributed by atoms with Crippen molar-refractivity contribution in [1.82, 2.24) is 0 Å². The minimum Gasteiger partial charge on any atom is -0.740 e. The molecule has 9 heavy (non-hydrogen) atoms. The lowest BCUT2D eigenvalue weighted by Gasteiger charge is -2.02. The van der Waals surface area contributed by atoms with E-state index in [1.807, 2.05) is 0 Å². The summed E-state index contributed by atoms with van der Waals surface area (Å²) in [4.78, 5) is 10.2. The molecule has 0 aliphatic rings. The van der Waals surface area contributed by atoms with Crippen molar-refractivity contribution in [3.05, 3.63) is 0 Å². The lowest BCUT2D eigenvalue weighted by molar-refractivity contribution is -0.133. The Bertz CT molecular complexity index is 122. The molecule has 0 aromatic carbocycles. The number of carbonyl (C=O) groups excluding carboxylic acids is 1. The van der Waals surface area contributed by atoms with Gasteiger partial charge in [-0.3, -0.25) is 4.79 Å². The highest BCUT2D eigenvalue weighted by Gasteiger charge is 1.98. The van der Waals surface area contributed by atoms with Crippen molar-refractivity contribution in [3.63, 3.8) is 0 Å². The summed E-state index contributed by atoms with van der Waals surface area (Å²) >= 11 is -2.70. The van der Waals surface area contributed by atoms with Crippen LogP contribution in [0.25, 0.3) is 0 Å². The average molecular weight is 151 g/mol. The van der Waals surface area contributed by atoms with E-state index in [1.165, 1.54) is 0 Å². The first-order valence-corrected chi connectivity index (χ1v) is 3.47. The third kappa shape index (κ3) is 5.45. The highest BCUT2D eigenvalue weighted by molar-refractivity contribution is 7.74. The molecule has 0 heterocycles. The topological polar surface area (TPSA) is 66.4 Å². The van der Waals surface area contributed by atoms with Gasteiger partial charge in [0.2, 0.25) is 0 Å². The Morgan fingerprint density at radius 1 is 1.78 bits per heavy atom. The lowest BCUT2D eigenvalue weighted by Crippen LogP contribution is -2.05. The van der Waals surface area contributed by atoms with E-state index in [-0.39, 0.29) is 6.42 Å². The SMILES string of the molecule is CCCC(=O)OS(=O)[O-]. The van der Waals surface area contributed by atoms with Crippen LogP contribution in [0.5, 0.6) is 0 Å². The molecule has 0 amide bonds. The monoisotopic (exact) mass is 151 g/mol. The molecule has 0 saturated carbocycles. The third-order valence-corrected chi connectivity index (χ3v) is 0.937. The van der Waals surface area contributed by atoms with E-state index in [0.29, 0.717) is 6.42 Å². The van der Waals surface area contributed by atoms with Gasteiger partial charge in [0.15, 0.2) is 0 Å². The van der Waals surface area contributed by atoms with Crippen LogP contribution >= 0.6 is 0 Å². The van der Waals surface area contributed by atoms with Gasteiger partial charge in [0.25, 0.3) is 0 Å². The van der Waals surface area contributed by atoms with Gasteiger partial charge in [-0.15, -0.1) is 0 Å². The zero-order valence-electron chi connectivity index (χ0n) is 4.96. The van der Waals surface area contributed by atoms with Gasteiger partial charge in [-0.2, -0.15) is 0 Å². The number of hydrogen-bond acceptors (Lipinski definition) is 4. The fourth-order valence-corrected chi connectivity index (χ4v) is 0.557. The molecule has 1 atom stereocenters. The van der Waals surface area contributed by atoms with Crippen molar-refractivity contribution < 1.29 is 17.7 Å². The first-order chi connectivity index (χ1) is 4.16. The van der Waals surface area contributed by atoms with E-state index >= 15 is 0 Å². The second-order valence-electron chi connectivity index (χ2n) is 1.41. The summed E-state index contributed by atoms with van der Waals surface area (Å²) in [6.45, 7) is 1.76. The molecule has 0 aromatic heterocycles. The summed E-state index contributed by atoms with van der Waals surface area (Å²) in [6, 6.07) is 0. The van der Waals surface area contributed by atoms with Crippen LogP contribution in [0.1, 0.15) is 19.8 Å². The van der Waals surface area contributed by atoms with Crippen LogP contribution < -0.4 is 0 Å². The summed E-state index contributed by atoms with van der Waals surface area (Å²) in [5, 5.41) is 0. The summed E-state index contributed by atoms with van der Waals surface area (Å²) in [7, 11) is 0. The van der Waals surface area contributed by atoms with Crippen LogP contribution in [-0.2, 0) is 20.3 Å². The lowest BCUT2D eigenvalue weighted by atomic mass is 10.4. The second-order valence-corrected chi connectivity index (χ2v) is 1.98. The Balaban J connectivity index is 3.39. The average Bonchev–Trinajstić information content (AvgIpc) is 1.63. The second kappa shape index (κ2) is 4.46. The maximum Gasteiger partial charge on any atom is 0.319 e. The molecular weight excluding hydrogens is 144 g/mol. The predicted octanol–water partition coefficient (Wildman–Crippen LogP) is 0.124. The van der Waals surface area contributed by atoms with Crippen LogP contribution in [-0.4, -0.2) is 14.7 Å². The van der Waals surface area contributed by atoms with Crippen molar-refractivity contribution in [2.24, 2.45) is 0 Å². The molecule has 0 aromatic rings. The molecule has 54 valence electrons.